The molecule has 0 saturated carbocycles. The molecule has 10 heteroatoms. The van der Waals surface area contributed by atoms with Gasteiger partial charge in [0.1, 0.15) is 11.7 Å². The fraction of sp³-hybridized carbons (Fsp3) is 0.529. The van der Waals surface area contributed by atoms with Crippen LogP contribution in [0.15, 0.2) is 23.4 Å². The molecular formula is C17H25N3O7. The molecule has 0 fully saturated rings. The number of hydrogen-bond donors (Lipinski definition) is 4. The van der Waals surface area contributed by atoms with Gasteiger partial charge in [-0.2, -0.15) is 0 Å². The number of ether oxygens (including phenoxy) is 2. The van der Waals surface area contributed by atoms with E-state index in [0.29, 0.717) is 18.5 Å². The van der Waals surface area contributed by atoms with E-state index in [-0.39, 0.29) is 5.70 Å². The van der Waals surface area contributed by atoms with Gasteiger partial charge in [-0.1, -0.05) is 19.1 Å². The Bertz CT molecular complexity index is 657. The predicted octanol–water partition coefficient (Wildman–Crippen LogP) is -1.49. The van der Waals surface area contributed by atoms with Crippen LogP contribution < -0.4 is 16.0 Å². The third-order valence-corrected chi connectivity index (χ3v) is 4.00. The van der Waals surface area contributed by atoms with Crippen molar-refractivity contribution in [3.63, 3.8) is 0 Å². The monoisotopic (exact) mass is 383 g/mol. The Labute approximate surface area is 157 Å². The highest BCUT2D eigenvalue weighted by Crippen LogP contribution is 2.09. The first kappa shape index (κ1) is 22.3. The van der Waals surface area contributed by atoms with Crippen molar-refractivity contribution in [3.8, 4) is 0 Å². The average Bonchev–Trinajstić information content (AvgIpc) is 3.22. The number of nitrogens with one attached hydrogen (secondary N) is 3. The quantitative estimate of drug-likeness (QED) is 0.225. The molecule has 1 heterocycles. The van der Waals surface area contributed by atoms with Gasteiger partial charge in [-0.25, -0.2) is 9.59 Å². The molecule has 0 bridgehead atoms. The summed E-state index contributed by atoms with van der Waals surface area (Å²) in [6.07, 6.45) is 1.91. The van der Waals surface area contributed by atoms with E-state index in [0.717, 1.165) is 14.2 Å². The van der Waals surface area contributed by atoms with Crippen molar-refractivity contribution in [2.24, 2.45) is 0 Å². The first-order valence-corrected chi connectivity index (χ1v) is 8.32. The molecule has 4 N–H and O–H groups in total. The molecule has 2 amide bonds. The fourth-order valence-electron chi connectivity index (χ4n) is 2.25. The maximum atomic E-state index is 12.6. The lowest BCUT2D eigenvalue weighted by Gasteiger charge is -2.22. The van der Waals surface area contributed by atoms with Crippen LogP contribution in [-0.4, -0.2) is 67.8 Å². The van der Waals surface area contributed by atoms with Gasteiger partial charge in [-0.05, 0) is 18.9 Å². The van der Waals surface area contributed by atoms with Crippen LogP contribution in [0, 0.1) is 0 Å². The van der Waals surface area contributed by atoms with Crippen molar-refractivity contribution in [1.29, 1.82) is 0 Å². The summed E-state index contributed by atoms with van der Waals surface area (Å²) < 4.78 is 8.90. The number of esters is 2. The van der Waals surface area contributed by atoms with Crippen LogP contribution in [0.5, 0.6) is 0 Å². The van der Waals surface area contributed by atoms with Crippen molar-refractivity contribution in [1.82, 2.24) is 16.0 Å². The molecule has 0 spiro atoms. The Morgan fingerprint density at radius 2 is 1.85 bits per heavy atom. The van der Waals surface area contributed by atoms with Gasteiger partial charge in [-0.15, -0.1) is 0 Å². The van der Waals surface area contributed by atoms with Crippen molar-refractivity contribution in [2.45, 2.75) is 38.5 Å². The van der Waals surface area contributed by atoms with Gasteiger partial charge in [0, 0.05) is 6.54 Å². The molecule has 0 radical (unpaired) electrons. The molecule has 0 aromatic rings. The predicted molar refractivity (Wildman–Crippen MR) is 94.0 cm³/mol. The molecule has 0 aromatic heterocycles. The minimum Gasteiger partial charge on any atom is -0.467 e. The number of allylic oxidation sites excluding steroid dienone is 1. The molecule has 1 rings (SSSR count). The third kappa shape index (κ3) is 5.90. The van der Waals surface area contributed by atoms with Crippen LogP contribution in [-0.2, 0) is 28.7 Å². The minimum atomic E-state index is -1.97. The molecular weight excluding hydrogens is 358 g/mol. The summed E-state index contributed by atoms with van der Waals surface area (Å²) in [4.78, 5) is 48.4. The van der Waals surface area contributed by atoms with E-state index < -0.39 is 41.9 Å². The average molecular weight is 383 g/mol. The van der Waals surface area contributed by atoms with E-state index in [2.05, 4.69) is 25.4 Å². The molecule has 0 saturated heterocycles. The van der Waals surface area contributed by atoms with Crippen LogP contribution >= 0.6 is 0 Å². The molecule has 0 unspecified atom stereocenters. The smallest absolute Gasteiger partial charge is 0.337 e. The zero-order valence-electron chi connectivity index (χ0n) is 15.7. The SMILES string of the molecule is CC/C(C)=C(/NC(=O)[C@@H]1C=CCN1)C(=O)N[C@@H](C(=O)OC)[C@H](O)C(=O)OC. The maximum Gasteiger partial charge on any atom is 0.337 e. The van der Waals surface area contributed by atoms with Crippen molar-refractivity contribution in [2.75, 3.05) is 20.8 Å². The second-order valence-electron chi connectivity index (χ2n) is 5.75. The number of aliphatic hydroxyl groups excluding tert-OH is 1. The van der Waals surface area contributed by atoms with E-state index in [1.807, 2.05) is 0 Å². The van der Waals surface area contributed by atoms with Crippen LogP contribution in [0.1, 0.15) is 20.3 Å². The molecule has 10 nitrogen and oxygen atoms in total. The molecule has 27 heavy (non-hydrogen) atoms. The van der Waals surface area contributed by atoms with E-state index in [4.69, 9.17) is 0 Å². The molecule has 1 aliphatic heterocycles. The summed E-state index contributed by atoms with van der Waals surface area (Å²) in [5.41, 5.74) is 0.467. The standard InChI is InChI=1S/C17H25N3O7/c1-5-9(2)11(19-14(22)10-7-6-8-18-10)15(23)20-12(16(24)26-3)13(21)17(25)27-4/h6-7,10,12-13,18,21H,5,8H2,1-4H3,(H,19,22)(H,20,23)/b11-9+/t10-,12+,13-/m0/s1. The van der Waals surface area contributed by atoms with Gasteiger partial charge in [0.25, 0.3) is 5.91 Å². The second kappa shape index (κ2) is 10.4. The summed E-state index contributed by atoms with van der Waals surface area (Å²) in [7, 11) is 2.07. The number of rotatable bonds is 8. The number of hydrogen-bond acceptors (Lipinski definition) is 8. The fourth-order valence-corrected chi connectivity index (χ4v) is 2.25. The highest BCUT2D eigenvalue weighted by atomic mass is 16.5. The zero-order chi connectivity index (χ0) is 20.6. The highest BCUT2D eigenvalue weighted by Gasteiger charge is 2.36. The number of aliphatic hydroxyl groups is 1. The number of carbonyl (C=O) groups excluding carboxylic acids is 4. The summed E-state index contributed by atoms with van der Waals surface area (Å²) in [6.45, 7) is 3.95. The summed E-state index contributed by atoms with van der Waals surface area (Å²) in [6, 6.07) is -2.29. The van der Waals surface area contributed by atoms with Crippen LogP contribution in [0.2, 0.25) is 0 Å². The molecule has 150 valence electrons. The Morgan fingerprint density at radius 1 is 1.22 bits per heavy atom. The van der Waals surface area contributed by atoms with Crippen molar-refractivity contribution >= 4 is 23.8 Å². The number of amides is 2. The zero-order valence-corrected chi connectivity index (χ0v) is 15.7. The first-order chi connectivity index (χ1) is 12.8. The van der Waals surface area contributed by atoms with E-state index in [1.165, 1.54) is 0 Å². The van der Waals surface area contributed by atoms with Gasteiger partial charge >= 0.3 is 11.9 Å². The molecule has 1 aliphatic rings. The van der Waals surface area contributed by atoms with E-state index in [1.54, 1.807) is 26.0 Å². The third-order valence-electron chi connectivity index (χ3n) is 4.00. The van der Waals surface area contributed by atoms with E-state index in [9.17, 15) is 24.3 Å². The largest absolute Gasteiger partial charge is 0.467 e. The van der Waals surface area contributed by atoms with E-state index >= 15 is 0 Å². The van der Waals surface area contributed by atoms with Crippen molar-refractivity contribution in [3.05, 3.63) is 23.4 Å². The Kier molecular flexibility index (Phi) is 8.63. The van der Waals surface area contributed by atoms with Gasteiger partial charge in [-0.3, -0.25) is 14.9 Å². The lowest BCUT2D eigenvalue weighted by atomic mass is 10.1. The lowest BCUT2D eigenvalue weighted by Crippen LogP contribution is -2.54. The van der Waals surface area contributed by atoms with Gasteiger partial charge < -0.3 is 25.2 Å². The van der Waals surface area contributed by atoms with Gasteiger partial charge in [0.2, 0.25) is 5.91 Å². The summed E-state index contributed by atoms with van der Waals surface area (Å²) >= 11 is 0. The Morgan fingerprint density at radius 3 is 2.33 bits per heavy atom. The number of carbonyl (C=O) groups is 4. The van der Waals surface area contributed by atoms with Gasteiger partial charge in [0.05, 0.1) is 14.2 Å². The second-order valence-corrected chi connectivity index (χ2v) is 5.75. The van der Waals surface area contributed by atoms with Crippen LogP contribution in [0.25, 0.3) is 0 Å². The number of methoxy groups -OCH3 is 2. The van der Waals surface area contributed by atoms with Crippen molar-refractivity contribution < 1.29 is 33.8 Å². The van der Waals surface area contributed by atoms with Crippen LogP contribution in [0.3, 0.4) is 0 Å². The Balaban J connectivity index is 3.02. The summed E-state index contributed by atoms with van der Waals surface area (Å²) in [5, 5.41) is 17.6. The molecule has 0 aliphatic carbocycles. The topological polar surface area (TPSA) is 143 Å². The summed E-state index contributed by atoms with van der Waals surface area (Å²) in [5.74, 6) is -3.46. The Hall–Kier alpha value is -2.72. The first-order valence-electron chi connectivity index (χ1n) is 8.32. The maximum absolute atomic E-state index is 12.6. The minimum absolute atomic E-state index is 0.0735. The molecule has 3 atom stereocenters. The lowest BCUT2D eigenvalue weighted by molar-refractivity contribution is -0.160. The normalized spacial score (nSPS) is 18.8. The van der Waals surface area contributed by atoms with Gasteiger partial charge in [0.15, 0.2) is 12.1 Å². The van der Waals surface area contributed by atoms with Crippen LogP contribution in [0.4, 0.5) is 0 Å². The highest BCUT2D eigenvalue weighted by molar-refractivity contribution is 6.02. The molecule has 0 aromatic carbocycles.